The number of carbonyl (C=O) groups excluding carboxylic acids is 2. The first-order valence-corrected chi connectivity index (χ1v) is 26.6. The lowest BCUT2D eigenvalue weighted by atomic mass is 9.99. The van der Waals surface area contributed by atoms with Gasteiger partial charge in [-0.2, -0.15) is 0 Å². The van der Waals surface area contributed by atoms with Crippen LogP contribution >= 0.6 is 0 Å². The SMILES string of the molecule is CCCCC/C=C/CC/C=C/C(O)C(COC1OC(CO)C(O)C(O)C1O)NC(=O)CC/C=C\C/C=C\CCCCCCCCOC(=O)CCCCCCC/C=C\CCCCCCCCC. The minimum Gasteiger partial charge on any atom is -0.466 e. The molecule has 11 heteroatoms. The van der Waals surface area contributed by atoms with Gasteiger partial charge in [0.2, 0.25) is 5.91 Å². The van der Waals surface area contributed by atoms with Gasteiger partial charge in [-0.05, 0) is 89.9 Å². The van der Waals surface area contributed by atoms with Gasteiger partial charge < -0.3 is 45.1 Å². The number of ether oxygens (including phenoxy) is 3. The summed E-state index contributed by atoms with van der Waals surface area (Å²) in [5, 5.41) is 54.0. The number of rotatable bonds is 44. The first kappa shape index (κ1) is 61.4. The van der Waals surface area contributed by atoms with Gasteiger partial charge in [0.25, 0.3) is 0 Å². The lowest BCUT2D eigenvalue weighted by Crippen LogP contribution is -2.60. The molecular weight excluding hydrogens is 835 g/mol. The maximum atomic E-state index is 12.9. The van der Waals surface area contributed by atoms with E-state index in [1.807, 2.05) is 18.2 Å². The molecule has 11 nitrogen and oxygen atoms in total. The molecule has 1 aliphatic heterocycles. The third-order valence-electron chi connectivity index (χ3n) is 12.1. The zero-order valence-corrected chi connectivity index (χ0v) is 41.6. The van der Waals surface area contributed by atoms with E-state index in [4.69, 9.17) is 14.2 Å². The molecule has 6 N–H and O–H groups in total. The summed E-state index contributed by atoms with van der Waals surface area (Å²) in [4.78, 5) is 25.0. The van der Waals surface area contributed by atoms with Crippen molar-refractivity contribution < 1.29 is 49.3 Å². The lowest BCUT2D eigenvalue weighted by molar-refractivity contribution is -0.302. The number of amides is 1. The molecule has 7 unspecified atom stereocenters. The van der Waals surface area contributed by atoms with Crippen molar-refractivity contribution in [2.45, 2.75) is 256 Å². The van der Waals surface area contributed by atoms with Crippen LogP contribution < -0.4 is 5.32 Å². The first-order chi connectivity index (χ1) is 32.2. The van der Waals surface area contributed by atoms with Crippen molar-refractivity contribution in [2.24, 2.45) is 0 Å². The quantitative estimate of drug-likeness (QED) is 0.0196. The molecule has 1 amide bonds. The summed E-state index contributed by atoms with van der Waals surface area (Å²) in [5.41, 5.74) is 0. The smallest absolute Gasteiger partial charge is 0.305 e. The minimum absolute atomic E-state index is 0.0492. The van der Waals surface area contributed by atoms with Crippen molar-refractivity contribution in [3.8, 4) is 0 Å². The summed E-state index contributed by atoms with van der Waals surface area (Å²) in [6, 6.07) is -0.871. The first-order valence-electron chi connectivity index (χ1n) is 26.6. The number of carbonyl (C=O) groups is 2. The Balaban J connectivity index is 2.16. The van der Waals surface area contributed by atoms with E-state index in [2.05, 4.69) is 55.6 Å². The maximum Gasteiger partial charge on any atom is 0.305 e. The van der Waals surface area contributed by atoms with Crippen molar-refractivity contribution in [3.05, 3.63) is 60.8 Å². The van der Waals surface area contributed by atoms with Crippen molar-refractivity contribution in [3.63, 3.8) is 0 Å². The summed E-state index contributed by atoms with van der Waals surface area (Å²) >= 11 is 0. The summed E-state index contributed by atoms with van der Waals surface area (Å²) in [7, 11) is 0. The molecule has 7 atom stereocenters. The summed E-state index contributed by atoms with van der Waals surface area (Å²) in [5.74, 6) is -0.327. The molecule has 1 fully saturated rings. The zero-order valence-electron chi connectivity index (χ0n) is 41.6. The Labute approximate surface area is 401 Å². The number of hydrogen-bond donors (Lipinski definition) is 6. The van der Waals surface area contributed by atoms with Gasteiger partial charge in [0.15, 0.2) is 6.29 Å². The number of allylic oxidation sites excluding steroid dienone is 9. The summed E-state index contributed by atoms with van der Waals surface area (Å²) < 4.78 is 16.6. The molecule has 0 aromatic carbocycles. The Bertz CT molecular complexity index is 1280. The highest BCUT2D eigenvalue weighted by Gasteiger charge is 2.44. The number of hydrogen-bond acceptors (Lipinski definition) is 10. The van der Waals surface area contributed by atoms with Crippen LogP contribution in [0, 0.1) is 0 Å². The highest BCUT2D eigenvalue weighted by molar-refractivity contribution is 5.76. The normalized spacial score (nSPS) is 20.1. The Hall–Kier alpha value is -2.64. The fraction of sp³-hybridized carbons (Fsp3) is 0.782. The molecule has 0 saturated carbocycles. The lowest BCUT2D eigenvalue weighted by Gasteiger charge is -2.40. The average molecular weight is 932 g/mol. The van der Waals surface area contributed by atoms with Gasteiger partial charge in [-0.15, -0.1) is 0 Å². The van der Waals surface area contributed by atoms with Crippen LogP contribution in [0.1, 0.15) is 213 Å². The van der Waals surface area contributed by atoms with Crippen LogP contribution in [0.3, 0.4) is 0 Å². The van der Waals surface area contributed by atoms with E-state index in [0.29, 0.717) is 25.9 Å². The predicted octanol–water partition coefficient (Wildman–Crippen LogP) is 11.1. The fourth-order valence-corrected chi connectivity index (χ4v) is 7.79. The van der Waals surface area contributed by atoms with Crippen molar-refractivity contribution in [1.82, 2.24) is 5.32 Å². The van der Waals surface area contributed by atoms with Crippen LogP contribution in [0.25, 0.3) is 0 Å². The molecule has 1 saturated heterocycles. The minimum atomic E-state index is -1.59. The molecule has 0 aromatic rings. The van der Waals surface area contributed by atoms with E-state index in [1.165, 1.54) is 109 Å². The van der Waals surface area contributed by atoms with Crippen molar-refractivity contribution in [2.75, 3.05) is 19.8 Å². The van der Waals surface area contributed by atoms with Crippen LogP contribution in [0.15, 0.2) is 60.8 Å². The van der Waals surface area contributed by atoms with Crippen LogP contribution in [0.5, 0.6) is 0 Å². The molecule has 1 rings (SSSR count). The van der Waals surface area contributed by atoms with E-state index in [0.717, 1.165) is 64.2 Å². The number of nitrogens with one attached hydrogen (secondary N) is 1. The fourth-order valence-electron chi connectivity index (χ4n) is 7.79. The van der Waals surface area contributed by atoms with Gasteiger partial charge in [0.1, 0.15) is 24.4 Å². The average Bonchev–Trinajstić information content (AvgIpc) is 3.31. The second-order valence-corrected chi connectivity index (χ2v) is 18.2. The van der Waals surface area contributed by atoms with Gasteiger partial charge in [0.05, 0.1) is 32.0 Å². The molecular formula is C55H97NO10. The van der Waals surface area contributed by atoms with Gasteiger partial charge in [-0.1, -0.05) is 171 Å². The van der Waals surface area contributed by atoms with Gasteiger partial charge in [-0.25, -0.2) is 0 Å². The van der Waals surface area contributed by atoms with E-state index in [9.17, 15) is 35.1 Å². The highest BCUT2D eigenvalue weighted by Crippen LogP contribution is 2.22. The van der Waals surface area contributed by atoms with E-state index < -0.39 is 49.5 Å². The largest absolute Gasteiger partial charge is 0.466 e. The standard InChI is InChI=1S/C55H97NO10/c1-3-5-7-9-11-13-14-15-16-17-20-23-27-31-35-39-43-51(60)64-44-40-36-32-28-24-21-18-19-22-26-30-34-38-42-50(59)56-47(48(58)41-37-33-29-25-12-10-8-6-4-2)46-65-55-54(63)53(62)52(61)49(45-57)66-55/h12,16-17,19,22,25,30,34,37,41,47-49,52-55,57-58,61-63H,3-11,13-15,18,20-21,23-24,26-29,31-33,35-36,38-40,42-46H2,1-2H3,(H,56,59)/b17-16-,22-19-,25-12+,34-30-,41-37+. The van der Waals surface area contributed by atoms with E-state index in [1.54, 1.807) is 6.08 Å². The number of esters is 1. The highest BCUT2D eigenvalue weighted by atomic mass is 16.7. The zero-order chi connectivity index (χ0) is 48.1. The van der Waals surface area contributed by atoms with Gasteiger partial charge >= 0.3 is 5.97 Å². The third kappa shape index (κ3) is 34.6. The summed E-state index contributed by atoms with van der Waals surface area (Å²) in [6.07, 6.45) is 46.2. The molecule has 66 heavy (non-hydrogen) atoms. The summed E-state index contributed by atoms with van der Waals surface area (Å²) in [6.45, 7) is 4.15. The second kappa shape index (κ2) is 44.8. The molecule has 0 radical (unpaired) electrons. The Morgan fingerprint density at radius 2 is 1.05 bits per heavy atom. The maximum absolute atomic E-state index is 12.9. The molecule has 0 spiro atoms. The Morgan fingerprint density at radius 1 is 0.561 bits per heavy atom. The van der Waals surface area contributed by atoms with Gasteiger partial charge in [0, 0.05) is 12.8 Å². The number of aliphatic hydroxyl groups is 5. The number of aliphatic hydroxyl groups excluding tert-OH is 5. The van der Waals surface area contributed by atoms with Crippen molar-refractivity contribution >= 4 is 11.9 Å². The molecule has 1 aliphatic rings. The third-order valence-corrected chi connectivity index (χ3v) is 12.1. The van der Waals surface area contributed by atoms with Gasteiger partial charge in [-0.3, -0.25) is 9.59 Å². The van der Waals surface area contributed by atoms with Crippen LogP contribution in [0.4, 0.5) is 0 Å². The Kier molecular flexibility index (Phi) is 41.7. The van der Waals surface area contributed by atoms with E-state index >= 15 is 0 Å². The van der Waals surface area contributed by atoms with E-state index in [-0.39, 0.29) is 24.9 Å². The predicted molar refractivity (Wildman–Crippen MR) is 269 cm³/mol. The molecule has 0 bridgehead atoms. The molecule has 0 aromatic heterocycles. The van der Waals surface area contributed by atoms with Crippen LogP contribution in [-0.4, -0.2) is 100 Å². The molecule has 0 aliphatic carbocycles. The number of unbranched alkanes of at least 4 members (excludes halogenated alkanes) is 22. The van der Waals surface area contributed by atoms with Crippen LogP contribution in [0.2, 0.25) is 0 Å². The second-order valence-electron chi connectivity index (χ2n) is 18.2. The van der Waals surface area contributed by atoms with Crippen molar-refractivity contribution in [1.29, 1.82) is 0 Å². The van der Waals surface area contributed by atoms with Crippen LogP contribution in [-0.2, 0) is 23.8 Å². The monoisotopic (exact) mass is 932 g/mol. The topological polar surface area (TPSA) is 175 Å². The molecule has 1 heterocycles. The molecule has 382 valence electrons. The Morgan fingerprint density at radius 3 is 1.65 bits per heavy atom.